The minimum Gasteiger partial charge on any atom is -0.386 e. The second-order valence-corrected chi connectivity index (χ2v) is 4.85. The van der Waals surface area contributed by atoms with Gasteiger partial charge < -0.3 is 5.11 Å². The lowest BCUT2D eigenvalue weighted by atomic mass is 10.1. The third kappa shape index (κ3) is 2.43. The van der Waals surface area contributed by atoms with Crippen molar-refractivity contribution in [1.29, 1.82) is 0 Å². The number of aliphatic hydroxyl groups excluding tert-OH is 1. The van der Waals surface area contributed by atoms with E-state index < -0.39 is 6.10 Å². The van der Waals surface area contributed by atoms with Crippen molar-refractivity contribution in [2.45, 2.75) is 11.4 Å². The van der Waals surface area contributed by atoms with E-state index in [4.69, 9.17) is 0 Å². The monoisotopic (exact) mass is 236 g/mol. The zero-order chi connectivity index (χ0) is 10.7. The molecule has 78 valence electrons. The topological polar surface area (TPSA) is 20.2 Å². The molecular weight excluding hydrogens is 224 g/mol. The number of benzene rings is 1. The van der Waals surface area contributed by atoms with E-state index in [1.165, 1.54) is 0 Å². The zero-order valence-electron chi connectivity index (χ0n) is 8.08. The smallest absolute Gasteiger partial charge is 0.104 e. The van der Waals surface area contributed by atoms with E-state index in [0.717, 1.165) is 10.4 Å². The van der Waals surface area contributed by atoms with Gasteiger partial charge in [0.2, 0.25) is 0 Å². The van der Waals surface area contributed by atoms with Crippen LogP contribution in [-0.4, -0.2) is 5.11 Å². The van der Waals surface area contributed by atoms with Crippen LogP contribution in [0.5, 0.6) is 0 Å². The molecule has 0 radical (unpaired) electrons. The predicted molar refractivity (Wildman–Crippen MR) is 67.4 cm³/mol. The van der Waals surface area contributed by atoms with Crippen molar-refractivity contribution in [3.63, 3.8) is 0 Å². The minimum atomic E-state index is -0.532. The Morgan fingerprint density at radius 1 is 1.07 bits per heavy atom. The fourth-order valence-electron chi connectivity index (χ4n) is 1.45. The Balaban J connectivity index is 2.18. The fourth-order valence-corrected chi connectivity index (χ4v) is 2.63. The van der Waals surface area contributed by atoms with Gasteiger partial charge in [0, 0.05) is 4.88 Å². The average Bonchev–Trinajstić information content (AvgIpc) is 2.82. The van der Waals surface area contributed by atoms with E-state index in [1.54, 1.807) is 11.3 Å². The quantitative estimate of drug-likeness (QED) is 0.782. The first-order chi connectivity index (χ1) is 7.29. The molecule has 2 atom stereocenters. The maximum Gasteiger partial charge on any atom is 0.104 e. The van der Waals surface area contributed by atoms with Crippen molar-refractivity contribution in [1.82, 2.24) is 0 Å². The molecule has 1 N–H and O–H groups in total. The summed E-state index contributed by atoms with van der Waals surface area (Å²) in [6, 6.07) is 13.7. The van der Waals surface area contributed by atoms with Gasteiger partial charge in [0.1, 0.15) is 6.10 Å². The maximum absolute atomic E-state index is 10.1. The second kappa shape index (κ2) is 4.84. The summed E-state index contributed by atoms with van der Waals surface area (Å²) in [5.74, 6) is 0. The summed E-state index contributed by atoms with van der Waals surface area (Å²) in [6.07, 6.45) is -0.532. The van der Waals surface area contributed by atoms with Crippen LogP contribution in [0.3, 0.4) is 0 Å². The van der Waals surface area contributed by atoms with Crippen LogP contribution < -0.4 is 0 Å². The molecule has 0 amide bonds. The molecule has 0 fully saturated rings. The van der Waals surface area contributed by atoms with E-state index in [1.807, 2.05) is 47.8 Å². The first kappa shape index (κ1) is 10.7. The van der Waals surface area contributed by atoms with E-state index in [2.05, 4.69) is 12.6 Å². The van der Waals surface area contributed by atoms with Crippen LogP contribution in [0.4, 0.5) is 0 Å². The normalized spacial score (nSPS) is 14.8. The SMILES string of the molecule is O[C@@H](c1cccs1)[C@@H](S)c1ccccc1. The number of thiol groups is 1. The van der Waals surface area contributed by atoms with Crippen LogP contribution in [0, 0.1) is 0 Å². The first-order valence-electron chi connectivity index (χ1n) is 4.73. The van der Waals surface area contributed by atoms with Gasteiger partial charge in [0.05, 0.1) is 5.25 Å². The molecule has 0 spiro atoms. The minimum absolute atomic E-state index is 0.162. The molecule has 2 aromatic rings. The van der Waals surface area contributed by atoms with Crippen molar-refractivity contribution in [2.24, 2.45) is 0 Å². The highest BCUT2D eigenvalue weighted by atomic mass is 32.1. The molecule has 0 saturated heterocycles. The molecule has 0 saturated carbocycles. The third-order valence-electron chi connectivity index (χ3n) is 2.27. The lowest BCUT2D eigenvalue weighted by Crippen LogP contribution is -2.03. The predicted octanol–water partition coefficient (Wildman–Crippen LogP) is 3.45. The molecule has 0 bridgehead atoms. The van der Waals surface area contributed by atoms with Gasteiger partial charge >= 0.3 is 0 Å². The van der Waals surface area contributed by atoms with Crippen molar-refractivity contribution in [3.05, 3.63) is 58.3 Å². The third-order valence-corrected chi connectivity index (χ3v) is 3.80. The van der Waals surface area contributed by atoms with Crippen LogP contribution in [-0.2, 0) is 0 Å². The van der Waals surface area contributed by atoms with Gasteiger partial charge in [-0.05, 0) is 17.0 Å². The standard InChI is InChI=1S/C12H12OS2/c13-11(10-7-4-8-15-10)12(14)9-5-2-1-3-6-9/h1-8,11-14H/t11-,12-/m0/s1. The molecule has 1 heterocycles. The summed E-state index contributed by atoms with van der Waals surface area (Å²) >= 11 is 6.01. The molecule has 0 aliphatic carbocycles. The number of aliphatic hydroxyl groups is 1. The number of thiophene rings is 1. The molecule has 15 heavy (non-hydrogen) atoms. The van der Waals surface area contributed by atoms with Gasteiger partial charge in [0.25, 0.3) is 0 Å². The molecule has 1 nitrogen and oxygen atoms in total. The highest BCUT2D eigenvalue weighted by molar-refractivity contribution is 7.80. The summed E-state index contributed by atoms with van der Waals surface area (Å²) in [4.78, 5) is 0.957. The number of hydrogen-bond acceptors (Lipinski definition) is 3. The molecule has 0 unspecified atom stereocenters. The Hall–Kier alpha value is -0.770. The molecule has 3 heteroatoms. The Labute approximate surface area is 98.8 Å². The molecule has 1 aromatic heterocycles. The maximum atomic E-state index is 10.1. The van der Waals surface area contributed by atoms with Crippen LogP contribution >= 0.6 is 24.0 Å². The molecule has 0 aliphatic heterocycles. The van der Waals surface area contributed by atoms with Gasteiger partial charge in [-0.3, -0.25) is 0 Å². The Morgan fingerprint density at radius 3 is 2.40 bits per heavy atom. The lowest BCUT2D eigenvalue weighted by molar-refractivity contribution is 0.179. The van der Waals surface area contributed by atoms with E-state index >= 15 is 0 Å². The molecule has 0 aliphatic rings. The fraction of sp³-hybridized carbons (Fsp3) is 0.167. The van der Waals surface area contributed by atoms with Crippen molar-refractivity contribution >= 4 is 24.0 Å². The Morgan fingerprint density at radius 2 is 1.80 bits per heavy atom. The van der Waals surface area contributed by atoms with Gasteiger partial charge in [-0.1, -0.05) is 36.4 Å². The summed E-state index contributed by atoms with van der Waals surface area (Å²) in [5, 5.41) is 11.9. The van der Waals surface area contributed by atoms with Crippen molar-refractivity contribution < 1.29 is 5.11 Å². The van der Waals surface area contributed by atoms with Crippen LogP contribution in [0.15, 0.2) is 47.8 Å². The Bertz CT molecular complexity index is 397. The van der Waals surface area contributed by atoms with E-state index in [0.29, 0.717) is 0 Å². The largest absolute Gasteiger partial charge is 0.386 e. The average molecular weight is 236 g/mol. The van der Waals surface area contributed by atoms with E-state index in [9.17, 15) is 5.11 Å². The van der Waals surface area contributed by atoms with E-state index in [-0.39, 0.29) is 5.25 Å². The van der Waals surface area contributed by atoms with Crippen LogP contribution in [0.1, 0.15) is 21.8 Å². The van der Waals surface area contributed by atoms with Gasteiger partial charge in [-0.25, -0.2) is 0 Å². The van der Waals surface area contributed by atoms with Gasteiger partial charge in [-0.2, -0.15) is 12.6 Å². The number of hydrogen-bond donors (Lipinski definition) is 2. The van der Waals surface area contributed by atoms with Crippen molar-refractivity contribution in [2.75, 3.05) is 0 Å². The lowest BCUT2D eigenvalue weighted by Gasteiger charge is -2.16. The van der Waals surface area contributed by atoms with Crippen LogP contribution in [0.25, 0.3) is 0 Å². The summed E-state index contributed by atoms with van der Waals surface area (Å²) < 4.78 is 0. The number of rotatable bonds is 3. The molecular formula is C12H12OS2. The van der Waals surface area contributed by atoms with Crippen molar-refractivity contribution in [3.8, 4) is 0 Å². The van der Waals surface area contributed by atoms with Crippen LogP contribution in [0.2, 0.25) is 0 Å². The first-order valence-corrected chi connectivity index (χ1v) is 6.13. The van der Waals surface area contributed by atoms with Gasteiger partial charge in [0.15, 0.2) is 0 Å². The summed E-state index contributed by atoms with van der Waals surface area (Å²) in [6.45, 7) is 0. The Kier molecular flexibility index (Phi) is 3.46. The highest BCUT2D eigenvalue weighted by Gasteiger charge is 2.19. The summed E-state index contributed by atoms with van der Waals surface area (Å²) in [7, 11) is 0. The highest BCUT2D eigenvalue weighted by Crippen LogP contribution is 2.35. The second-order valence-electron chi connectivity index (χ2n) is 3.32. The zero-order valence-corrected chi connectivity index (χ0v) is 9.79. The van der Waals surface area contributed by atoms with Gasteiger partial charge in [-0.15, -0.1) is 11.3 Å². The molecule has 2 rings (SSSR count). The summed E-state index contributed by atoms with van der Waals surface area (Å²) in [5.41, 5.74) is 1.04. The molecule has 1 aromatic carbocycles.